The lowest BCUT2D eigenvalue weighted by atomic mass is 10.2. The van der Waals surface area contributed by atoms with Gasteiger partial charge in [-0.2, -0.15) is 0 Å². The first-order valence-corrected chi connectivity index (χ1v) is 5.19. The summed E-state index contributed by atoms with van der Waals surface area (Å²) in [6, 6.07) is 5.08. The van der Waals surface area contributed by atoms with E-state index in [4.69, 9.17) is 34.8 Å². The Labute approximate surface area is 97.1 Å². The van der Waals surface area contributed by atoms with Crippen LogP contribution in [0, 0.1) is 0 Å². The molecule has 1 N–H and O–H groups in total. The van der Waals surface area contributed by atoms with Gasteiger partial charge in [-0.15, -0.1) is 11.6 Å². The molecule has 0 aromatic heterocycles. The quantitative estimate of drug-likeness (QED) is 0.824. The number of nitrogens with one attached hydrogen (secondary N) is 1. The molecule has 1 amide bonds. The van der Waals surface area contributed by atoms with Crippen LogP contribution >= 0.6 is 34.8 Å². The van der Waals surface area contributed by atoms with Crippen molar-refractivity contribution in [2.45, 2.75) is 6.54 Å². The Morgan fingerprint density at radius 2 is 2.07 bits per heavy atom. The number of benzene rings is 1. The smallest absolute Gasteiger partial charge is 0.235 e. The summed E-state index contributed by atoms with van der Waals surface area (Å²) in [7, 11) is 0. The fourth-order valence-electron chi connectivity index (χ4n) is 0.920. The molecule has 1 aromatic rings. The molecular weight excluding hydrogens is 244 g/mol. The topological polar surface area (TPSA) is 29.1 Å². The molecule has 0 unspecified atom stereocenters. The standard InChI is InChI=1S/C9H8Cl3NO/c10-4-9(14)13-5-6-3-7(11)1-2-8(6)12/h1-3H,4-5H2,(H,13,14). The summed E-state index contributed by atoms with van der Waals surface area (Å²) >= 11 is 17.0. The summed E-state index contributed by atoms with van der Waals surface area (Å²) in [6.45, 7) is 0.338. The van der Waals surface area contributed by atoms with Crippen LogP contribution in [0.3, 0.4) is 0 Å². The Hall–Kier alpha value is -0.440. The maximum absolute atomic E-state index is 10.9. The molecule has 0 saturated heterocycles. The van der Waals surface area contributed by atoms with Crippen LogP contribution in [0.4, 0.5) is 0 Å². The van der Waals surface area contributed by atoms with Gasteiger partial charge in [-0.05, 0) is 23.8 Å². The average molecular weight is 253 g/mol. The highest BCUT2D eigenvalue weighted by Gasteiger charge is 2.03. The van der Waals surface area contributed by atoms with E-state index in [1.54, 1.807) is 18.2 Å². The van der Waals surface area contributed by atoms with Gasteiger partial charge in [-0.25, -0.2) is 0 Å². The van der Waals surface area contributed by atoms with Gasteiger partial charge in [0.15, 0.2) is 0 Å². The summed E-state index contributed by atoms with van der Waals surface area (Å²) in [5, 5.41) is 3.76. The van der Waals surface area contributed by atoms with E-state index in [9.17, 15) is 4.79 Å². The molecule has 14 heavy (non-hydrogen) atoms. The van der Waals surface area contributed by atoms with Crippen molar-refractivity contribution in [3.05, 3.63) is 33.8 Å². The Kier molecular flexibility index (Phi) is 4.52. The molecule has 76 valence electrons. The fourth-order valence-corrected chi connectivity index (χ4v) is 1.39. The molecule has 1 aromatic carbocycles. The Bertz CT molecular complexity index is 341. The van der Waals surface area contributed by atoms with Crippen molar-refractivity contribution in [2.75, 3.05) is 5.88 Å². The van der Waals surface area contributed by atoms with E-state index in [1.807, 2.05) is 0 Å². The third-order valence-corrected chi connectivity index (χ3v) is 2.45. The number of alkyl halides is 1. The third kappa shape index (κ3) is 3.37. The lowest BCUT2D eigenvalue weighted by molar-refractivity contribution is -0.118. The number of hydrogen-bond acceptors (Lipinski definition) is 1. The molecule has 0 aliphatic carbocycles. The van der Waals surface area contributed by atoms with Crippen molar-refractivity contribution < 1.29 is 4.79 Å². The van der Waals surface area contributed by atoms with Crippen molar-refractivity contribution in [1.29, 1.82) is 0 Å². The lowest BCUT2D eigenvalue weighted by Crippen LogP contribution is -2.23. The highest BCUT2D eigenvalue weighted by atomic mass is 35.5. The van der Waals surface area contributed by atoms with Gasteiger partial charge in [0, 0.05) is 16.6 Å². The number of carbonyl (C=O) groups excluding carboxylic acids is 1. The summed E-state index contributed by atoms with van der Waals surface area (Å²) in [5.74, 6) is -0.291. The Morgan fingerprint density at radius 3 is 2.71 bits per heavy atom. The van der Waals surface area contributed by atoms with Crippen LogP contribution in [0.25, 0.3) is 0 Å². The monoisotopic (exact) mass is 251 g/mol. The lowest BCUT2D eigenvalue weighted by Gasteiger charge is -2.05. The predicted octanol–water partition coefficient (Wildman–Crippen LogP) is 2.85. The van der Waals surface area contributed by atoms with Crippen molar-refractivity contribution >= 4 is 40.7 Å². The minimum atomic E-state index is -0.234. The second-order valence-corrected chi connectivity index (χ2v) is 3.76. The van der Waals surface area contributed by atoms with Gasteiger partial charge in [0.25, 0.3) is 0 Å². The van der Waals surface area contributed by atoms with Crippen molar-refractivity contribution in [3.63, 3.8) is 0 Å². The van der Waals surface area contributed by atoms with Crippen LogP contribution in [0.1, 0.15) is 5.56 Å². The molecule has 0 radical (unpaired) electrons. The van der Waals surface area contributed by atoms with Gasteiger partial charge < -0.3 is 5.32 Å². The molecule has 0 atom stereocenters. The number of amides is 1. The van der Waals surface area contributed by atoms with E-state index >= 15 is 0 Å². The average Bonchev–Trinajstić information content (AvgIpc) is 2.19. The predicted molar refractivity (Wildman–Crippen MR) is 59.0 cm³/mol. The van der Waals surface area contributed by atoms with Crippen molar-refractivity contribution in [3.8, 4) is 0 Å². The minimum Gasteiger partial charge on any atom is -0.351 e. The molecule has 0 bridgehead atoms. The maximum atomic E-state index is 10.9. The highest BCUT2D eigenvalue weighted by Crippen LogP contribution is 2.20. The van der Waals surface area contributed by atoms with E-state index in [0.29, 0.717) is 16.6 Å². The fraction of sp³-hybridized carbons (Fsp3) is 0.222. The summed E-state index contributed by atoms with van der Waals surface area (Å²) < 4.78 is 0. The third-order valence-electron chi connectivity index (χ3n) is 1.61. The summed E-state index contributed by atoms with van der Waals surface area (Å²) in [6.07, 6.45) is 0. The second-order valence-electron chi connectivity index (χ2n) is 2.65. The first-order chi connectivity index (χ1) is 6.63. The minimum absolute atomic E-state index is 0.0574. The normalized spacial score (nSPS) is 9.93. The molecule has 0 aliphatic rings. The van der Waals surface area contributed by atoms with E-state index in [-0.39, 0.29) is 11.8 Å². The number of carbonyl (C=O) groups is 1. The summed E-state index contributed by atoms with van der Waals surface area (Å²) in [4.78, 5) is 10.9. The van der Waals surface area contributed by atoms with E-state index in [0.717, 1.165) is 5.56 Å². The van der Waals surface area contributed by atoms with Crippen LogP contribution in [0.2, 0.25) is 10.0 Å². The van der Waals surface area contributed by atoms with E-state index in [2.05, 4.69) is 5.32 Å². The molecule has 0 saturated carbocycles. The van der Waals surface area contributed by atoms with E-state index in [1.165, 1.54) is 0 Å². The Balaban J connectivity index is 2.66. The number of rotatable bonds is 3. The zero-order valence-electron chi connectivity index (χ0n) is 7.19. The van der Waals surface area contributed by atoms with Gasteiger partial charge >= 0.3 is 0 Å². The zero-order chi connectivity index (χ0) is 10.6. The van der Waals surface area contributed by atoms with Gasteiger partial charge in [0.05, 0.1) is 0 Å². The van der Waals surface area contributed by atoms with E-state index < -0.39 is 0 Å². The Morgan fingerprint density at radius 1 is 1.36 bits per heavy atom. The van der Waals surface area contributed by atoms with Crippen LogP contribution in [-0.2, 0) is 11.3 Å². The SMILES string of the molecule is O=C(CCl)NCc1cc(Cl)ccc1Cl. The molecule has 1 rings (SSSR count). The highest BCUT2D eigenvalue weighted by molar-refractivity contribution is 6.33. The van der Waals surface area contributed by atoms with Crippen LogP contribution < -0.4 is 5.32 Å². The molecule has 0 aliphatic heterocycles. The molecule has 5 heteroatoms. The number of halogens is 3. The van der Waals surface area contributed by atoms with Gasteiger partial charge in [-0.3, -0.25) is 4.79 Å². The van der Waals surface area contributed by atoms with Crippen LogP contribution in [0.5, 0.6) is 0 Å². The molecule has 0 fully saturated rings. The van der Waals surface area contributed by atoms with Crippen LogP contribution in [-0.4, -0.2) is 11.8 Å². The first kappa shape index (κ1) is 11.6. The van der Waals surface area contributed by atoms with Gasteiger partial charge in [0.2, 0.25) is 5.91 Å². The van der Waals surface area contributed by atoms with Crippen LogP contribution in [0.15, 0.2) is 18.2 Å². The second kappa shape index (κ2) is 5.44. The van der Waals surface area contributed by atoms with Gasteiger partial charge in [-0.1, -0.05) is 23.2 Å². The maximum Gasteiger partial charge on any atom is 0.235 e. The molecule has 2 nitrogen and oxygen atoms in total. The van der Waals surface area contributed by atoms with Crippen molar-refractivity contribution in [1.82, 2.24) is 5.32 Å². The molecule has 0 spiro atoms. The largest absolute Gasteiger partial charge is 0.351 e. The first-order valence-electron chi connectivity index (χ1n) is 3.90. The number of hydrogen-bond donors (Lipinski definition) is 1. The molecule has 0 heterocycles. The molecular formula is C9H8Cl3NO. The zero-order valence-corrected chi connectivity index (χ0v) is 9.46. The summed E-state index contributed by atoms with van der Waals surface area (Å²) in [5.41, 5.74) is 0.776. The van der Waals surface area contributed by atoms with Gasteiger partial charge in [0.1, 0.15) is 5.88 Å². The van der Waals surface area contributed by atoms with Crippen molar-refractivity contribution in [2.24, 2.45) is 0 Å².